The van der Waals surface area contributed by atoms with Gasteiger partial charge >= 0.3 is 7.12 Å². The summed E-state index contributed by atoms with van der Waals surface area (Å²) in [5.41, 5.74) is 5.61. The largest absolute Gasteiger partial charge is 0.494 e. The van der Waals surface area contributed by atoms with E-state index in [0.717, 1.165) is 24.1 Å². The maximum Gasteiger partial charge on any atom is 0.494 e. The topological polar surface area (TPSA) is 92.0 Å². The van der Waals surface area contributed by atoms with E-state index in [1.807, 2.05) is 52.0 Å². The summed E-state index contributed by atoms with van der Waals surface area (Å²) in [5, 5.41) is 2.88. The second-order valence-electron chi connectivity index (χ2n) is 8.21. The lowest BCUT2D eigenvalue weighted by atomic mass is 9.79. The lowest BCUT2D eigenvalue weighted by molar-refractivity contribution is -0.122. The molecule has 1 aromatic rings. The molecule has 3 N–H and O–H groups in total. The van der Waals surface area contributed by atoms with Gasteiger partial charge in [0.2, 0.25) is 5.91 Å². The minimum Gasteiger partial charge on any atom is -0.494 e. The van der Waals surface area contributed by atoms with E-state index in [-0.39, 0.29) is 24.2 Å². The third-order valence-corrected chi connectivity index (χ3v) is 5.30. The van der Waals surface area contributed by atoms with E-state index in [2.05, 4.69) is 5.32 Å². The molecule has 0 aromatic heterocycles. The second kappa shape index (κ2) is 11.0. The Hall–Kier alpha value is -1.61. The fraction of sp³-hybridized carbons (Fsp3) is 0.667. The molecule has 1 aliphatic rings. The predicted octanol–water partition coefficient (Wildman–Crippen LogP) is 1.63. The van der Waals surface area contributed by atoms with Gasteiger partial charge in [-0.2, -0.15) is 0 Å². The summed E-state index contributed by atoms with van der Waals surface area (Å²) in [6.45, 7) is 10.8. The summed E-state index contributed by atoms with van der Waals surface area (Å²) in [6, 6.07) is 7.82. The van der Waals surface area contributed by atoms with Crippen molar-refractivity contribution in [2.75, 3.05) is 32.9 Å². The molecule has 29 heavy (non-hydrogen) atoms. The highest BCUT2D eigenvalue weighted by Gasteiger charge is 2.51. The van der Waals surface area contributed by atoms with E-state index in [1.54, 1.807) is 0 Å². The van der Waals surface area contributed by atoms with Crippen molar-refractivity contribution in [2.24, 2.45) is 5.73 Å². The molecule has 0 unspecified atom stereocenters. The monoisotopic (exact) mass is 406 g/mol. The van der Waals surface area contributed by atoms with E-state index in [4.69, 9.17) is 24.5 Å². The summed E-state index contributed by atoms with van der Waals surface area (Å²) in [7, 11) is -0.363. The first-order valence-corrected chi connectivity index (χ1v) is 10.4. The number of ether oxygens (including phenoxy) is 2. The summed E-state index contributed by atoms with van der Waals surface area (Å²) < 4.78 is 23.1. The SMILES string of the molecule is CC1(C)OB(c2ccc(OCCCCNC(=O)CCOCCN)cc2)OC1(C)C. The van der Waals surface area contributed by atoms with Crippen LogP contribution in [0.25, 0.3) is 0 Å². The number of unbranched alkanes of at least 4 members (excludes halogenated alkanes) is 1. The van der Waals surface area contributed by atoms with Crippen molar-refractivity contribution in [2.45, 2.75) is 58.2 Å². The number of carbonyl (C=O) groups excluding carboxylic acids is 1. The molecule has 1 aromatic carbocycles. The van der Waals surface area contributed by atoms with Gasteiger partial charge < -0.3 is 29.8 Å². The Kier molecular flexibility index (Phi) is 8.95. The van der Waals surface area contributed by atoms with Crippen molar-refractivity contribution < 1.29 is 23.6 Å². The number of nitrogens with one attached hydrogen (secondary N) is 1. The minimum atomic E-state index is -0.363. The highest BCUT2D eigenvalue weighted by Crippen LogP contribution is 2.36. The Labute approximate surface area is 174 Å². The Morgan fingerprint density at radius 2 is 1.69 bits per heavy atom. The molecule has 162 valence electrons. The van der Waals surface area contributed by atoms with Crippen LogP contribution in [0.2, 0.25) is 0 Å². The van der Waals surface area contributed by atoms with Crippen LogP contribution in [0.5, 0.6) is 5.75 Å². The third-order valence-electron chi connectivity index (χ3n) is 5.30. The predicted molar refractivity (Wildman–Crippen MR) is 114 cm³/mol. The highest BCUT2D eigenvalue weighted by atomic mass is 16.7. The van der Waals surface area contributed by atoms with Crippen LogP contribution in [0.15, 0.2) is 24.3 Å². The molecule has 8 heteroatoms. The summed E-state index contributed by atoms with van der Waals surface area (Å²) >= 11 is 0. The zero-order valence-electron chi connectivity index (χ0n) is 18.2. The molecule has 0 saturated carbocycles. The van der Waals surface area contributed by atoms with Gasteiger partial charge in [-0.15, -0.1) is 0 Å². The molecule has 0 spiro atoms. The van der Waals surface area contributed by atoms with Crippen LogP contribution in [-0.4, -0.2) is 57.1 Å². The molecule has 1 aliphatic heterocycles. The third kappa shape index (κ3) is 7.30. The lowest BCUT2D eigenvalue weighted by Gasteiger charge is -2.32. The minimum absolute atomic E-state index is 0.00114. The fourth-order valence-corrected chi connectivity index (χ4v) is 2.78. The molecule has 0 radical (unpaired) electrons. The quantitative estimate of drug-likeness (QED) is 0.405. The van der Waals surface area contributed by atoms with Crippen molar-refractivity contribution in [1.29, 1.82) is 0 Å². The summed E-state index contributed by atoms with van der Waals surface area (Å²) in [4.78, 5) is 11.6. The zero-order chi connectivity index (χ0) is 21.3. The van der Waals surface area contributed by atoms with Gasteiger partial charge in [-0.3, -0.25) is 4.79 Å². The van der Waals surface area contributed by atoms with Gasteiger partial charge in [0.25, 0.3) is 0 Å². The fourth-order valence-electron chi connectivity index (χ4n) is 2.78. The van der Waals surface area contributed by atoms with Crippen LogP contribution in [0, 0.1) is 0 Å². The first-order valence-electron chi connectivity index (χ1n) is 10.4. The van der Waals surface area contributed by atoms with Crippen LogP contribution in [-0.2, 0) is 18.8 Å². The average molecular weight is 406 g/mol. The number of benzene rings is 1. The average Bonchev–Trinajstić information content (AvgIpc) is 2.89. The summed E-state index contributed by atoms with van der Waals surface area (Å²) in [5.74, 6) is 0.813. The second-order valence-corrected chi connectivity index (χ2v) is 8.21. The van der Waals surface area contributed by atoms with Gasteiger partial charge in [0.05, 0.1) is 31.0 Å². The first-order chi connectivity index (χ1) is 13.7. The Morgan fingerprint density at radius 3 is 2.31 bits per heavy atom. The zero-order valence-corrected chi connectivity index (χ0v) is 18.2. The van der Waals surface area contributed by atoms with E-state index in [9.17, 15) is 4.79 Å². The molecule has 0 atom stereocenters. The molecule has 1 heterocycles. The van der Waals surface area contributed by atoms with E-state index in [0.29, 0.717) is 39.3 Å². The van der Waals surface area contributed by atoms with Crippen LogP contribution in [0.4, 0.5) is 0 Å². The van der Waals surface area contributed by atoms with Crippen molar-refractivity contribution in [3.63, 3.8) is 0 Å². The standard InChI is InChI=1S/C21H35BN2O5/c1-20(2)21(3,4)29-22(28-20)17-7-9-18(10-8-17)27-14-6-5-13-24-19(25)11-15-26-16-12-23/h7-10H,5-6,11-16,23H2,1-4H3,(H,24,25). The van der Waals surface area contributed by atoms with Crippen LogP contribution in [0.1, 0.15) is 47.0 Å². The first kappa shape index (κ1) is 23.7. The Bertz CT molecular complexity index is 620. The van der Waals surface area contributed by atoms with Crippen LogP contribution in [0.3, 0.4) is 0 Å². The van der Waals surface area contributed by atoms with Gasteiger partial charge in [0.1, 0.15) is 5.75 Å². The molecule has 1 fully saturated rings. The molecule has 2 rings (SSSR count). The molecule has 0 bridgehead atoms. The Balaban J connectivity index is 1.61. The van der Waals surface area contributed by atoms with E-state index < -0.39 is 0 Å². The normalized spacial score (nSPS) is 17.3. The lowest BCUT2D eigenvalue weighted by Crippen LogP contribution is -2.41. The van der Waals surface area contributed by atoms with E-state index in [1.165, 1.54) is 0 Å². The smallest absolute Gasteiger partial charge is 0.494 e. The number of rotatable bonds is 12. The number of hydrogen-bond acceptors (Lipinski definition) is 6. The molecular weight excluding hydrogens is 371 g/mol. The van der Waals surface area contributed by atoms with Crippen molar-refractivity contribution >= 4 is 18.5 Å². The van der Waals surface area contributed by atoms with Crippen LogP contribution >= 0.6 is 0 Å². The van der Waals surface area contributed by atoms with Gasteiger partial charge in [-0.1, -0.05) is 12.1 Å². The Morgan fingerprint density at radius 1 is 1.03 bits per heavy atom. The number of amides is 1. The van der Waals surface area contributed by atoms with Crippen LogP contribution < -0.4 is 21.3 Å². The molecule has 1 amide bonds. The number of carbonyl (C=O) groups is 1. The van der Waals surface area contributed by atoms with Crippen molar-refractivity contribution in [3.05, 3.63) is 24.3 Å². The summed E-state index contributed by atoms with van der Waals surface area (Å²) in [6.07, 6.45) is 2.09. The maximum absolute atomic E-state index is 11.6. The number of nitrogens with two attached hydrogens (primary N) is 1. The highest BCUT2D eigenvalue weighted by molar-refractivity contribution is 6.62. The van der Waals surface area contributed by atoms with Gasteiger partial charge in [0, 0.05) is 19.5 Å². The van der Waals surface area contributed by atoms with E-state index >= 15 is 0 Å². The molecular formula is C21H35BN2O5. The van der Waals surface area contributed by atoms with Crippen molar-refractivity contribution in [1.82, 2.24) is 5.32 Å². The van der Waals surface area contributed by atoms with Gasteiger partial charge in [-0.25, -0.2) is 0 Å². The van der Waals surface area contributed by atoms with Gasteiger partial charge in [-0.05, 0) is 58.1 Å². The maximum atomic E-state index is 11.6. The molecule has 1 saturated heterocycles. The molecule has 7 nitrogen and oxygen atoms in total. The van der Waals surface area contributed by atoms with Gasteiger partial charge in [0.15, 0.2) is 0 Å². The van der Waals surface area contributed by atoms with Crippen molar-refractivity contribution in [3.8, 4) is 5.75 Å². The molecule has 0 aliphatic carbocycles. The number of hydrogen-bond donors (Lipinski definition) is 2.